The van der Waals surface area contributed by atoms with Crippen LogP contribution in [0.1, 0.15) is 24.0 Å². The number of fused-ring (bicyclic) bond motifs is 1. The Labute approximate surface area is 174 Å². The Kier molecular flexibility index (Phi) is 6.91. The second-order valence-corrected chi connectivity index (χ2v) is 11.2. The standard InChI is InChI=1S/C17H25N5O6P2/c1-12-4-6-13(7-5-12)15-14-16(18)19-10-20-17(14)22(21-15)8-2-3-9-28-30(26,27)11-29(23,24)25/h4-7,10,14,17H,2-3,8-9,11H2,1H3,(H,26,27)(H2,18,19,20)(H2,23,24,25). The highest BCUT2D eigenvalue weighted by molar-refractivity contribution is 7.70. The fourth-order valence-electron chi connectivity index (χ4n) is 3.28. The maximum Gasteiger partial charge on any atom is 0.340 e. The summed E-state index contributed by atoms with van der Waals surface area (Å²) < 4.78 is 27.3. The first-order chi connectivity index (χ1) is 14.1. The summed E-state index contributed by atoms with van der Waals surface area (Å²) in [4.78, 5) is 35.6. The smallest absolute Gasteiger partial charge is 0.340 e. The van der Waals surface area contributed by atoms with Gasteiger partial charge >= 0.3 is 15.2 Å². The van der Waals surface area contributed by atoms with E-state index in [0.717, 1.165) is 16.8 Å². The van der Waals surface area contributed by atoms with Gasteiger partial charge in [0, 0.05) is 6.54 Å². The number of nitrogens with two attached hydrogens (primary N) is 1. The van der Waals surface area contributed by atoms with Crippen molar-refractivity contribution in [3.05, 3.63) is 35.4 Å². The second kappa shape index (κ2) is 9.09. The largest absolute Gasteiger partial charge is 0.386 e. The molecule has 2 aliphatic heterocycles. The van der Waals surface area contributed by atoms with Crippen molar-refractivity contribution in [2.75, 3.05) is 19.1 Å². The molecule has 2 heterocycles. The van der Waals surface area contributed by atoms with Crippen molar-refractivity contribution in [1.82, 2.24) is 5.01 Å². The average Bonchev–Trinajstić information content (AvgIpc) is 3.00. The summed E-state index contributed by atoms with van der Waals surface area (Å²) in [6.45, 7) is 2.40. The van der Waals surface area contributed by atoms with Gasteiger partial charge in [0.15, 0.2) is 12.1 Å². The Morgan fingerprint density at radius 3 is 2.53 bits per heavy atom. The Morgan fingerprint density at radius 1 is 1.17 bits per heavy atom. The molecule has 1 aromatic carbocycles. The molecule has 0 saturated heterocycles. The molecule has 11 nitrogen and oxygen atoms in total. The van der Waals surface area contributed by atoms with Gasteiger partial charge in [0.25, 0.3) is 0 Å². The molecule has 13 heteroatoms. The predicted molar refractivity (Wildman–Crippen MR) is 114 cm³/mol. The van der Waals surface area contributed by atoms with Gasteiger partial charge in [-0.1, -0.05) is 29.8 Å². The lowest BCUT2D eigenvalue weighted by atomic mass is 9.93. The molecular formula is C17H25N5O6P2. The monoisotopic (exact) mass is 457 g/mol. The summed E-state index contributed by atoms with van der Waals surface area (Å²) in [5.41, 5.74) is 8.98. The van der Waals surface area contributed by atoms with Gasteiger partial charge in [-0.2, -0.15) is 5.10 Å². The van der Waals surface area contributed by atoms with E-state index in [2.05, 4.69) is 9.98 Å². The lowest BCUT2D eigenvalue weighted by molar-refractivity contribution is 0.205. The van der Waals surface area contributed by atoms with Crippen LogP contribution in [0.2, 0.25) is 0 Å². The number of amidine groups is 1. The molecular weight excluding hydrogens is 432 g/mol. The van der Waals surface area contributed by atoms with Crippen LogP contribution in [0.15, 0.2) is 39.4 Å². The lowest BCUT2D eigenvalue weighted by Crippen LogP contribution is -2.42. The van der Waals surface area contributed by atoms with Gasteiger partial charge < -0.3 is 24.9 Å². The molecule has 1 aromatic rings. The van der Waals surface area contributed by atoms with E-state index in [1.807, 2.05) is 36.2 Å². The van der Waals surface area contributed by atoms with E-state index >= 15 is 0 Å². The van der Waals surface area contributed by atoms with Crippen molar-refractivity contribution in [3.63, 3.8) is 0 Å². The first-order valence-corrected chi connectivity index (χ1v) is 12.9. The van der Waals surface area contributed by atoms with Crippen LogP contribution in [0.3, 0.4) is 0 Å². The van der Waals surface area contributed by atoms with Crippen molar-refractivity contribution in [2.24, 2.45) is 26.7 Å². The lowest BCUT2D eigenvalue weighted by Gasteiger charge is -2.26. The first kappa shape index (κ1) is 22.8. The maximum atomic E-state index is 11.7. The first-order valence-electron chi connectivity index (χ1n) is 9.34. The van der Waals surface area contributed by atoms with Crippen molar-refractivity contribution in [2.45, 2.75) is 25.9 Å². The zero-order valence-corrected chi connectivity index (χ0v) is 18.2. The number of unbranched alkanes of at least 4 members (excludes halogenated alkanes) is 1. The average molecular weight is 457 g/mol. The van der Waals surface area contributed by atoms with Crippen LogP contribution in [-0.2, 0) is 13.7 Å². The van der Waals surface area contributed by atoms with Gasteiger partial charge in [-0.25, -0.2) is 9.98 Å². The molecule has 0 spiro atoms. The summed E-state index contributed by atoms with van der Waals surface area (Å²) >= 11 is 0. The number of aliphatic imine (C=N–C) groups is 2. The highest BCUT2D eigenvalue weighted by atomic mass is 31.2. The predicted octanol–water partition coefficient (Wildman–Crippen LogP) is 1.47. The van der Waals surface area contributed by atoms with E-state index in [1.165, 1.54) is 6.34 Å². The normalized spacial score (nSPS) is 23.0. The topological polar surface area (TPSA) is 170 Å². The minimum absolute atomic E-state index is 0.100. The van der Waals surface area contributed by atoms with Crippen LogP contribution in [0.5, 0.6) is 0 Å². The summed E-state index contributed by atoms with van der Waals surface area (Å²) in [6.07, 6.45) is 2.08. The molecule has 0 aromatic heterocycles. The van der Waals surface area contributed by atoms with Gasteiger partial charge in [-0.3, -0.25) is 14.1 Å². The van der Waals surface area contributed by atoms with Crippen molar-refractivity contribution >= 4 is 33.1 Å². The molecule has 3 unspecified atom stereocenters. The molecule has 0 aliphatic carbocycles. The Morgan fingerprint density at radius 2 is 1.87 bits per heavy atom. The van der Waals surface area contributed by atoms with Crippen LogP contribution in [0.25, 0.3) is 0 Å². The third kappa shape index (κ3) is 5.85. The molecule has 2 aliphatic rings. The summed E-state index contributed by atoms with van der Waals surface area (Å²) in [5, 5.41) is 6.52. The van der Waals surface area contributed by atoms with Crippen LogP contribution in [0, 0.1) is 12.8 Å². The fraction of sp³-hybridized carbons (Fsp3) is 0.471. The number of rotatable bonds is 9. The van der Waals surface area contributed by atoms with Gasteiger partial charge in [-0.05, 0) is 25.3 Å². The number of benzene rings is 1. The summed E-state index contributed by atoms with van der Waals surface area (Å²) in [6, 6.07) is 7.95. The number of hydrogen-bond acceptors (Lipinski definition) is 8. The van der Waals surface area contributed by atoms with E-state index in [1.54, 1.807) is 0 Å². The molecule has 3 atom stereocenters. The number of hydrogen-bond donors (Lipinski definition) is 4. The summed E-state index contributed by atoms with van der Waals surface area (Å²) in [5.74, 6) is -0.999. The third-order valence-electron chi connectivity index (χ3n) is 4.66. The Hall–Kier alpha value is -1.87. The van der Waals surface area contributed by atoms with Gasteiger partial charge in [0.2, 0.25) is 0 Å². The molecule has 0 radical (unpaired) electrons. The van der Waals surface area contributed by atoms with Crippen LogP contribution < -0.4 is 5.73 Å². The van der Waals surface area contributed by atoms with Crippen LogP contribution in [-0.4, -0.2) is 62.8 Å². The van der Waals surface area contributed by atoms with E-state index in [4.69, 9.17) is 25.1 Å². The van der Waals surface area contributed by atoms with Gasteiger partial charge in [-0.15, -0.1) is 0 Å². The Bertz CT molecular complexity index is 958. The molecule has 30 heavy (non-hydrogen) atoms. The van der Waals surface area contributed by atoms with Crippen molar-refractivity contribution in [3.8, 4) is 0 Å². The molecule has 0 fully saturated rings. The molecule has 0 saturated carbocycles. The highest BCUT2D eigenvalue weighted by Gasteiger charge is 2.41. The molecule has 164 valence electrons. The molecule has 5 N–H and O–H groups in total. The number of aryl methyl sites for hydroxylation is 1. The summed E-state index contributed by atoms with van der Waals surface area (Å²) in [7, 11) is -8.95. The highest BCUT2D eigenvalue weighted by Crippen LogP contribution is 2.55. The number of nitrogens with zero attached hydrogens (tertiary/aromatic N) is 4. The zero-order chi connectivity index (χ0) is 21.9. The molecule has 3 rings (SSSR count). The fourth-order valence-corrected chi connectivity index (χ4v) is 5.88. The van der Waals surface area contributed by atoms with Crippen molar-refractivity contribution < 1.29 is 28.3 Å². The third-order valence-corrected chi connectivity index (χ3v) is 8.15. The molecule has 0 amide bonds. The zero-order valence-electron chi connectivity index (χ0n) is 16.4. The second-order valence-electron chi connectivity index (χ2n) is 7.21. The Balaban J connectivity index is 1.60. The van der Waals surface area contributed by atoms with E-state index in [0.29, 0.717) is 25.2 Å². The van der Waals surface area contributed by atoms with E-state index in [-0.39, 0.29) is 18.7 Å². The SMILES string of the molecule is Cc1ccc(C2=NN(CCCCOP(=O)(O)CP(=O)(O)O)C3N=CN=C(N)C23)cc1. The van der Waals surface area contributed by atoms with Crippen LogP contribution >= 0.6 is 15.2 Å². The van der Waals surface area contributed by atoms with Crippen molar-refractivity contribution in [1.29, 1.82) is 0 Å². The maximum absolute atomic E-state index is 11.7. The van der Waals surface area contributed by atoms with Crippen LogP contribution in [0.4, 0.5) is 0 Å². The minimum atomic E-state index is -4.62. The molecule has 0 bridgehead atoms. The number of hydrazone groups is 1. The van der Waals surface area contributed by atoms with E-state index in [9.17, 15) is 14.0 Å². The quantitative estimate of drug-likeness (QED) is 0.319. The minimum Gasteiger partial charge on any atom is -0.386 e. The van der Waals surface area contributed by atoms with Gasteiger partial charge in [0.1, 0.15) is 18.1 Å². The van der Waals surface area contributed by atoms with E-state index < -0.39 is 21.1 Å². The van der Waals surface area contributed by atoms with Gasteiger partial charge in [0.05, 0.1) is 12.3 Å².